The molecular formula is C10H12N4S2. The number of hydrogen-bond acceptors (Lipinski definition) is 6. The Bertz CT molecular complexity index is 469. The summed E-state index contributed by atoms with van der Waals surface area (Å²) in [5.41, 5.74) is 1.18. The average molecular weight is 252 g/mol. The standard InChI is InChI=1S/C10H12N4S2/c1-7-13-10(16-14-7)15-9-8(6-11-2)4-3-5-12-9/h3-5,11H,6H2,1-2H3. The second-order valence-corrected chi connectivity index (χ2v) is 5.20. The molecule has 0 atom stereocenters. The molecule has 0 amide bonds. The third-order valence-corrected chi connectivity index (χ3v) is 3.81. The van der Waals surface area contributed by atoms with Crippen LogP contribution in [0.5, 0.6) is 0 Å². The number of hydrogen-bond donors (Lipinski definition) is 1. The van der Waals surface area contributed by atoms with Crippen molar-refractivity contribution in [3.05, 3.63) is 29.7 Å². The molecule has 2 heterocycles. The second kappa shape index (κ2) is 5.38. The van der Waals surface area contributed by atoms with E-state index in [1.54, 1.807) is 18.0 Å². The molecule has 0 aliphatic rings. The first kappa shape index (κ1) is 11.5. The van der Waals surface area contributed by atoms with Crippen molar-refractivity contribution in [2.75, 3.05) is 7.05 Å². The molecule has 16 heavy (non-hydrogen) atoms. The van der Waals surface area contributed by atoms with Crippen LogP contribution in [0.15, 0.2) is 27.7 Å². The van der Waals surface area contributed by atoms with Crippen LogP contribution < -0.4 is 5.32 Å². The van der Waals surface area contributed by atoms with E-state index < -0.39 is 0 Å². The van der Waals surface area contributed by atoms with E-state index in [1.807, 2.05) is 20.0 Å². The highest BCUT2D eigenvalue weighted by Gasteiger charge is 2.08. The van der Waals surface area contributed by atoms with Gasteiger partial charge in [0.05, 0.1) is 0 Å². The van der Waals surface area contributed by atoms with Crippen molar-refractivity contribution in [1.82, 2.24) is 19.7 Å². The smallest absolute Gasteiger partial charge is 0.176 e. The molecule has 0 bridgehead atoms. The third kappa shape index (κ3) is 2.78. The zero-order valence-electron chi connectivity index (χ0n) is 9.10. The first-order valence-electron chi connectivity index (χ1n) is 4.86. The van der Waals surface area contributed by atoms with Gasteiger partial charge in [-0.05, 0) is 48.9 Å². The Hall–Kier alpha value is -0.980. The summed E-state index contributed by atoms with van der Waals surface area (Å²) in [6.07, 6.45) is 1.80. The van der Waals surface area contributed by atoms with Gasteiger partial charge in [0, 0.05) is 12.7 Å². The Morgan fingerprint density at radius 2 is 2.38 bits per heavy atom. The Morgan fingerprint density at radius 1 is 1.50 bits per heavy atom. The monoisotopic (exact) mass is 252 g/mol. The van der Waals surface area contributed by atoms with Gasteiger partial charge in [-0.1, -0.05) is 6.07 Å². The van der Waals surface area contributed by atoms with E-state index >= 15 is 0 Å². The first-order valence-corrected chi connectivity index (χ1v) is 6.45. The van der Waals surface area contributed by atoms with Gasteiger partial charge in [0.15, 0.2) is 4.34 Å². The molecule has 2 aromatic rings. The molecule has 1 N–H and O–H groups in total. The lowest BCUT2D eigenvalue weighted by molar-refractivity contribution is 0.789. The Balaban J connectivity index is 2.20. The summed E-state index contributed by atoms with van der Waals surface area (Å²) in [6, 6.07) is 4.02. The van der Waals surface area contributed by atoms with Gasteiger partial charge in [0.25, 0.3) is 0 Å². The minimum atomic E-state index is 0.813. The molecule has 0 fully saturated rings. The number of aromatic nitrogens is 3. The lowest BCUT2D eigenvalue weighted by atomic mass is 10.3. The summed E-state index contributed by atoms with van der Waals surface area (Å²) in [5.74, 6) is 0.818. The van der Waals surface area contributed by atoms with Crippen molar-refractivity contribution < 1.29 is 0 Å². The largest absolute Gasteiger partial charge is 0.316 e. The van der Waals surface area contributed by atoms with Crippen molar-refractivity contribution in [2.45, 2.75) is 22.8 Å². The van der Waals surface area contributed by atoms with E-state index in [9.17, 15) is 0 Å². The fourth-order valence-electron chi connectivity index (χ4n) is 1.24. The maximum atomic E-state index is 4.36. The molecule has 0 aliphatic heterocycles. The average Bonchev–Trinajstić information content (AvgIpc) is 2.67. The fourth-order valence-corrected chi connectivity index (χ4v) is 2.89. The predicted octanol–water partition coefficient (Wildman–Crippen LogP) is 2.11. The van der Waals surface area contributed by atoms with Gasteiger partial charge >= 0.3 is 0 Å². The van der Waals surface area contributed by atoms with E-state index in [0.717, 1.165) is 21.7 Å². The number of nitrogens with zero attached hydrogens (tertiary/aromatic N) is 3. The van der Waals surface area contributed by atoms with Crippen LogP contribution in [0.1, 0.15) is 11.4 Å². The summed E-state index contributed by atoms with van der Waals surface area (Å²) in [6.45, 7) is 2.71. The van der Waals surface area contributed by atoms with E-state index in [0.29, 0.717) is 0 Å². The lowest BCUT2D eigenvalue weighted by Crippen LogP contribution is -2.06. The molecule has 0 aromatic carbocycles. The highest BCUT2D eigenvalue weighted by atomic mass is 32.2. The van der Waals surface area contributed by atoms with E-state index in [-0.39, 0.29) is 0 Å². The Kier molecular flexibility index (Phi) is 3.87. The molecule has 0 spiro atoms. The van der Waals surface area contributed by atoms with Crippen LogP contribution in [0, 0.1) is 6.92 Å². The summed E-state index contributed by atoms with van der Waals surface area (Å²) < 4.78 is 5.09. The summed E-state index contributed by atoms with van der Waals surface area (Å²) in [4.78, 5) is 8.68. The van der Waals surface area contributed by atoms with Crippen LogP contribution in [0.2, 0.25) is 0 Å². The molecule has 2 aromatic heterocycles. The minimum Gasteiger partial charge on any atom is -0.316 e. The molecular weight excluding hydrogens is 240 g/mol. The van der Waals surface area contributed by atoms with Crippen molar-refractivity contribution in [1.29, 1.82) is 0 Å². The van der Waals surface area contributed by atoms with Gasteiger partial charge in [-0.25, -0.2) is 9.97 Å². The maximum Gasteiger partial charge on any atom is 0.176 e. The normalized spacial score (nSPS) is 10.6. The van der Waals surface area contributed by atoms with Gasteiger partial charge in [-0.3, -0.25) is 0 Å². The van der Waals surface area contributed by atoms with Crippen molar-refractivity contribution in [3.8, 4) is 0 Å². The molecule has 84 valence electrons. The SMILES string of the molecule is CNCc1cccnc1Sc1nc(C)ns1. The third-order valence-electron chi connectivity index (χ3n) is 1.91. The molecule has 6 heteroatoms. The first-order chi connectivity index (χ1) is 7.79. The quantitative estimate of drug-likeness (QED) is 0.903. The highest BCUT2D eigenvalue weighted by molar-refractivity contribution is 8.00. The Morgan fingerprint density at radius 3 is 3.06 bits per heavy atom. The molecule has 0 aliphatic carbocycles. The van der Waals surface area contributed by atoms with Gasteiger partial charge in [-0.2, -0.15) is 4.37 Å². The van der Waals surface area contributed by atoms with Crippen LogP contribution in [0.4, 0.5) is 0 Å². The molecule has 0 saturated heterocycles. The second-order valence-electron chi connectivity index (χ2n) is 3.21. The van der Waals surface area contributed by atoms with E-state index in [2.05, 4.69) is 25.7 Å². The highest BCUT2D eigenvalue weighted by Crippen LogP contribution is 2.29. The number of nitrogens with one attached hydrogen (secondary N) is 1. The van der Waals surface area contributed by atoms with Crippen LogP contribution >= 0.6 is 23.3 Å². The molecule has 0 radical (unpaired) electrons. The van der Waals surface area contributed by atoms with Crippen molar-refractivity contribution in [2.24, 2.45) is 0 Å². The van der Waals surface area contributed by atoms with Crippen LogP contribution in [-0.2, 0) is 6.54 Å². The fraction of sp³-hybridized carbons (Fsp3) is 0.300. The van der Waals surface area contributed by atoms with E-state index in [4.69, 9.17) is 0 Å². The topological polar surface area (TPSA) is 50.7 Å². The van der Waals surface area contributed by atoms with Gasteiger partial charge < -0.3 is 5.32 Å². The lowest BCUT2D eigenvalue weighted by Gasteiger charge is -2.04. The van der Waals surface area contributed by atoms with Crippen LogP contribution in [0.25, 0.3) is 0 Å². The molecule has 4 nitrogen and oxygen atoms in total. The van der Waals surface area contributed by atoms with Crippen molar-refractivity contribution in [3.63, 3.8) is 0 Å². The number of aryl methyl sites for hydroxylation is 1. The molecule has 2 rings (SSSR count). The van der Waals surface area contributed by atoms with Crippen LogP contribution in [0.3, 0.4) is 0 Å². The number of rotatable bonds is 4. The summed E-state index contributed by atoms with van der Waals surface area (Å²) in [5, 5.41) is 4.12. The zero-order chi connectivity index (χ0) is 11.4. The number of pyridine rings is 1. The summed E-state index contributed by atoms with van der Waals surface area (Å²) in [7, 11) is 1.93. The molecule has 0 unspecified atom stereocenters. The zero-order valence-corrected chi connectivity index (χ0v) is 10.7. The van der Waals surface area contributed by atoms with Crippen LogP contribution in [-0.4, -0.2) is 21.4 Å². The van der Waals surface area contributed by atoms with Crippen molar-refractivity contribution >= 4 is 23.3 Å². The Labute approximate surface area is 103 Å². The predicted molar refractivity (Wildman–Crippen MR) is 65.8 cm³/mol. The maximum absolute atomic E-state index is 4.36. The molecule has 0 saturated carbocycles. The minimum absolute atomic E-state index is 0.813. The van der Waals surface area contributed by atoms with Gasteiger partial charge in [0.2, 0.25) is 0 Å². The summed E-state index contributed by atoms with van der Waals surface area (Å²) >= 11 is 2.98. The van der Waals surface area contributed by atoms with Gasteiger partial charge in [0.1, 0.15) is 10.9 Å². The van der Waals surface area contributed by atoms with E-state index in [1.165, 1.54) is 17.1 Å². The van der Waals surface area contributed by atoms with Gasteiger partial charge in [-0.15, -0.1) is 0 Å².